The van der Waals surface area contributed by atoms with Crippen LogP contribution >= 0.6 is 0 Å². The van der Waals surface area contributed by atoms with Crippen LogP contribution < -0.4 is 0 Å². The highest BCUT2D eigenvalue weighted by atomic mass is 16.6. The summed E-state index contributed by atoms with van der Waals surface area (Å²) in [5, 5.41) is 20.5. The largest absolute Gasteiger partial charge is 0.481 e. The number of carbonyl (C=O) groups excluding carboxylic acids is 1. The van der Waals surface area contributed by atoms with Crippen LogP contribution in [0.4, 0.5) is 0 Å². The number of hydrogen-bond acceptors (Lipinski definition) is 4. The monoisotopic (exact) mass is 324 g/mol. The first-order chi connectivity index (χ1) is 10.5. The SMILES string of the molecule is CC(C)(C)CCC(=O)O[C@]12CC3CC(O)(CC(C(=O)O)(C3)C1)C2. The van der Waals surface area contributed by atoms with Crippen molar-refractivity contribution in [3.63, 3.8) is 0 Å². The number of rotatable bonds is 4. The van der Waals surface area contributed by atoms with Gasteiger partial charge in [-0.05, 0) is 43.4 Å². The second kappa shape index (κ2) is 4.95. The Hall–Kier alpha value is -1.10. The Balaban J connectivity index is 1.76. The number of esters is 1. The first-order valence-electron chi connectivity index (χ1n) is 8.63. The van der Waals surface area contributed by atoms with E-state index in [0.717, 1.165) is 6.42 Å². The molecule has 0 spiro atoms. The van der Waals surface area contributed by atoms with Crippen molar-refractivity contribution in [2.45, 2.75) is 83.3 Å². The lowest BCUT2D eigenvalue weighted by Crippen LogP contribution is -2.66. The summed E-state index contributed by atoms with van der Waals surface area (Å²) in [5.41, 5.74) is -2.62. The van der Waals surface area contributed by atoms with Crippen LogP contribution in [0.25, 0.3) is 0 Å². The van der Waals surface area contributed by atoms with Gasteiger partial charge in [0.2, 0.25) is 0 Å². The molecule has 0 aromatic heterocycles. The van der Waals surface area contributed by atoms with Crippen LogP contribution in [-0.2, 0) is 14.3 Å². The van der Waals surface area contributed by atoms with Gasteiger partial charge in [0.1, 0.15) is 5.60 Å². The van der Waals surface area contributed by atoms with Crippen LogP contribution in [0.3, 0.4) is 0 Å². The van der Waals surface area contributed by atoms with E-state index in [-0.39, 0.29) is 17.3 Å². The molecule has 5 nitrogen and oxygen atoms in total. The highest BCUT2D eigenvalue weighted by molar-refractivity contribution is 5.76. The van der Waals surface area contributed by atoms with Gasteiger partial charge in [0.25, 0.3) is 0 Å². The third-order valence-corrected chi connectivity index (χ3v) is 5.85. The molecule has 23 heavy (non-hydrogen) atoms. The summed E-state index contributed by atoms with van der Waals surface area (Å²) >= 11 is 0. The van der Waals surface area contributed by atoms with Crippen molar-refractivity contribution in [3.8, 4) is 0 Å². The third kappa shape index (κ3) is 3.12. The van der Waals surface area contributed by atoms with E-state index in [0.29, 0.717) is 44.9 Å². The molecule has 4 saturated carbocycles. The number of carbonyl (C=O) groups is 2. The van der Waals surface area contributed by atoms with E-state index < -0.39 is 22.6 Å². The Bertz CT molecular complexity index is 536. The number of hydrogen-bond donors (Lipinski definition) is 2. The molecular formula is C18H28O5. The molecule has 4 aliphatic carbocycles. The van der Waals surface area contributed by atoms with Gasteiger partial charge in [0.05, 0.1) is 11.0 Å². The molecule has 4 bridgehead atoms. The molecule has 4 aliphatic rings. The van der Waals surface area contributed by atoms with E-state index in [9.17, 15) is 19.8 Å². The van der Waals surface area contributed by atoms with Crippen LogP contribution in [0, 0.1) is 16.7 Å². The minimum absolute atomic E-state index is 0.0565. The minimum atomic E-state index is -0.984. The Labute approximate surface area is 137 Å². The van der Waals surface area contributed by atoms with Crippen LogP contribution in [-0.4, -0.2) is 33.4 Å². The number of aliphatic hydroxyl groups is 1. The molecule has 3 unspecified atom stereocenters. The topological polar surface area (TPSA) is 83.8 Å². The summed E-state index contributed by atoms with van der Waals surface area (Å²) in [4.78, 5) is 24.1. The zero-order valence-electron chi connectivity index (χ0n) is 14.4. The van der Waals surface area contributed by atoms with Crippen molar-refractivity contribution >= 4 is 11.9 Å². The smallest absolute Gasteiger partial charge is 0.309 e. The first-order valence-corrected chi connectivity index (χ1v) is 8.63. The van der Waals surface area contributed by atoms with Gasteiger partial charge in [-0.15, -0.1) is 0 Å². The molecule has 0 aromatic carbocycles. The predicted octanol–water partition coefficient (Wildman–Crippen LogP) is 2.89. The highest BCUT2D eigenvalue weighted by Crippen LogP contribution is 2.64. The molecule has 0 aliphatic heterocycles. The van der Waals surface area contributed by atoms with Gasteiger partial charge in [-0.1, -0.05) is 20.8 Å². The maximum atomic E-state index is 12.3. The van der Waals surface area contributed by atoms with E-state index in [1.54, 1.807) is 0 Å². The Kier molecular flexibility index (Phi) is 3.60. The maximum absolute atomic E-state index is 12.3. The third-order valence-electron chi connectivity index (χ3n) is 5.85. The fraction of sp³-hybridized carbons (Fsp3) is 0.889. The van der Waals surface area contributed by atoms with Crippen LogP contribution in [0.1, 0.15) is 72.1 Å². The van der Waals surface area contributed by atoms with Gasteiger partial charge in [-0.25, -0.2) is 0 Å². The van der Waals surface area contributed by atoms with Gasteiger partial charge in [0.15, 0.2) is 0 Å². The second-order valence-electron chi connectivity index (χ2n) is 9.54. The van der Waals surface area contributed by atoms with E-state index in [2.05, 4.69) is 20.8 Å². The average molecular weight is 324 g/mol. The molecule has 4 fully saturated rings. The van der Waals surface area contributed by atoms with Gasteiger partial charge < -0.3 is 14.9 Å². The number of carboxylic acid groups (broad SMARTS) is 1. The summed E-state index contributed by atoms with van der Waals surface area (Å²) in [5.74, 6) is -0.969. The molecule has 2 N–H and O–H groups in total. The van der Waals surface area contributed by atoms with E-state index in [4.69, 9.17) is 4.74 Å². The molecular weight excluding hydrogens is 296 g/mol. The molecule has 5 heteroatoms. The summed E-state index contributed by atoms with van der Waals surface area (Å²) in [6.45, 7) is 6.23. The van der Waals surface area contributed by atoms with Crippen molar-refractivity contribution < 1.29 is 24.5 Å². The number of ether oxygens (including phenoxy) is 1. The molecule has 0 saturated heterocycles. The Morgan fingerprint density at radius 2 is 1.83 bits per heavy atom. The fourth-order valence-electron chi connectivity index (χ4n) is 5.42. The van der Waals surface area contributed by atoms with E-state index in [1.165, 1.54) is 0 Å². The van der Waals surface area contributed by atoms with Gasteiger partial charge in [-0.2, -0.15) is 0 Å². The molecule has 0 aromatic rings. The average Bonchev–Trinajstić information content (AvgIpc) is 2.31. The van der Waals surface area contributed by atoms with Crippen LogP contribution in [0.15, 0.2) is 0 Å². The van der Waals surface area contributed by atoms with Gasteiger partial charge in [0, 0.05) is 19.3 Å². The summed E-state index contributed by atoms with van der Waals surface area (Å²) in [6.07, 6.45) is 4.07. The maximum Gasteiger partial charge on any atom is 0.309 e. The summed E-state index contributed by atoms with van der Waals surface area (Å²) in [7, 11) is 0. The number of aliphatic carboxylic acids is 1. The quantitative estimate of drug-likeness (QED) is 0.777. The van der Waals surface area contributed by atoms with Crippen molar-refractivity contribution in [2.75, 3.05) is 0 Å². The minimum Gasteiger partial charge on any atom is -0.481 e. The first kappa shape index (κ1) is 16.7. The van der Waals surface area contributed by atoms with Gasteiger partial charge in [-0.3, -0.25) is 9.59 Å². The van der Waals surface area contributed by atoms with Crippen molar-refractivity contribution in [1.82, 2.24) is 0 Å². The van der Waals surface area contributed by atoms with Crippen LogP contribution in [0.5, 0.6) is 0 Å². The standard InChI is InChI=1S/C18H28O5/c1-15(2,3)5-4-13(19)23-18-8-12-6-16(10-18,14(20)21)9-17(22,7-12)11-18/h12,22H,4-11H2,1-3H3,(H,20,21)/t12?,16?,17?,18-/m1/s1. The highest BCUT2D eigenvalue weighted by Gasteiger charge is 2.67. The van der Waals surface area contributed by atoms with Crippen molar-refractivity contribution in [3.05, 3.63) is 0 Å². The Morgan fingerprint density at radius 3 is 2.39 bits per heavy atom. The zero-order valence-corrected chi connectivity index (χ0v) is 14.4. The van der Waals surface area contributed by atoms with Crippen LogP contribution in [0.2, 0.25) is 0 Å². The number of carboxylic acids is 1. The molecule has 4 atom stereocenters. The molecule has 4 rings (SSSR count). The predicted molar refractivity (Wildman–Crippen MR) is 83.7 cm³/mol. The lowest BCUT2D eigenvalue weighted by molar-refractivity contribution is -0.245. The summed E-state index contributed by atoms with van der Waals surface area (Å²) in [6, 6.07) is 0. The molecule has 0 amide bonds. The van der Waals surface area contributed by atoms with E-state index >= 15 is 0 Å². The van der Waals surface area contributed by atoms with Crippen molar-refractivity contribution in [1.29, 1.82) is 0 Å². The molecule has 0 radical (unpaired) electrons. The molecule has 130 valence electrons. The Morgan fingerprint density at radius 1 is 1.13 bits per heavy atom. The van der Waals surface area contributed by atoms with Gasteiger partial charge >= 0.3 is 11.9 Å². The zero-order chi connectivity index (χ0) is 17.1. The normalized spacial score (nSPS) is 41.8. The fourth-order valence-corrected chi connectivity index (χ4v) is 5.42. The lowest BCUT2D eigenvalue weighted by Gasteiger charge is -2.62. The lowest BCUT2D eigenvalue weighted by atomic mass is 9.46. The van der Waals surface area contributed by atoms with E-state index in [1.807, 2.05) is 0 Å². The second-order valence-corrected chi connectivity index (χ2v) is 9.54. The van der Waals surface area contributed by atoms with Crippen molar-refractivity contribution in [2.24, 2.45) is 16.7 Å². The molecule has 0 heterocycles. The summed E-state index contributed by atoms with van der Waals surface area (Å²) < 4.78 is 5.82.